The molecule has 0 radical (unpaired) electrons. The molecule has 0 unspecified atom stereocenters. The molecule has 2 aromatic carbocycles. The van der Waals surface area contributed by atoms with Gasteiger partial charge in [0.1, 0.15) is 0 Å². The van der Waals surface area contributed by atoms with E-state index in [4.69, 9.17) is 12.2 Å². The van der Waals surface area contributed by atoms with Crippen LogP contribution in [0.1, 0.15) is 11.1 Å². The van der Waals surface area contributed by atoms with Gasteiger partial charge in [-0.1, -0.05) is 54.7 Å². The Morgan fingerprint density at radius 1 is 0.955 bits per heavy atom. The van der Waals surface area contributed by atoms with E-state index in [0.717, 1.165) is 23.8 Å². The molecule has 1 aromatic heterocycles. The SMILES string of the molecule is S=C(Sn1ccc2ccccc21)N1CCc2ccccc2C1. The Bertz CT molecular complexity index is 838. The fourth-order valence-corrected chi connectivity index (χ4v) is 4.15. The average molecular weight is 324 g/mol. The highest BCUT2D eigenvalue weighted by Gasteiger charge is 2.19. The molecule has 0 saturated heterocycles. The molecule has 2 heterocycles. The minimum Gasteiger partial charge on any atom is -0.351 e. The predicted molar refractivity (Wildman–Crippen MR) is 98.1 cm³/mol. The standard InChI is InChI=1S/C18H16N2S2/c21-18(19-11-9-14-5-1-2-7-16(14)13-19)22-20-12-10-15-6-3-4-8-17(15)20/h1-8,10,12H,9,11,13H2. The van der Waals surface area contributed by atoms with Crippen molar-refractivity contribution >= 4 is 39.4 Å². The molecule has 0 fully saturated rings. The zero-order valence-corrected chi connectivity index (χ0v) is 13.7. The predicted octanol–water partition coefficient (Wildman–Crippen LogP) is 4.48. The van der Waals surface area contributed by atoms with Crippen LogP contribution in [0, 0.1) is 0 Å². The lowest BCUT2D eigenvalue weighted by Gasteiger charge is -2.30. The van der Waals surface area contributed by atoms with Gasteiger partial charge in [-0.25, -0.2) is 0 Å². The zero-order chi connectivity index (χ0) is 14.9. The van der Waals surface area contributed by atoms with Gasteiger partial charge >= 0.3 is 0 Å². The molecule has 0 N–H and O–H groups in total. The van der Waals surface area contributed by atoms with Crippen molar-refractivity contribution in [1.82, 2.24) is 8.87 Å². The molecule has 0 atom stereocenters. The van der Waals surface area contributed by atoms with Crippen molar-refractivity contribution in [2.24, 2.45) is 0 Å². The summed E-state index contributed by atoms with van der Waals surface area (Å²) in [6.45, 7) is 1.92. The Labute approximate surface area is 139 Å². The second-order valence-corrected chi connectivity index (χ2v) is 7.11. The fourth-order valence-electron chi connectivity index (χ4n) is 2.93. The van der Waals surface area contributed by atoms with Gasteiger partial charge in [-0.2, -0.15) is 0 Å². The molecule has 4 rings (SSSR count). The Hall–Kier alpha value is -1.78. The third kappa shape index (κ3) is 2.53. The molecule has 22 heavy (non-hydrogen) atoms. The third-order valence-corrected chi connectivity index (χ3v) is 5.54. The van der Waals surface area contributed by atoms with Gasteiger partial charge < -0.3 is 4.90 Å². The summed E-state index contributed by atoms with van der Waals surface area (Å²) in [6.07, 6.45) is 3.17. The molecule has 3 aromatic rings. The second-order valence-electron chi connectivity index (χ2n) is 5.50. The lowest BCUT2D eigenvalue weighted by Crippen LogP contribution is -2.33. The molecule has 1 aliphatic heterocycles. The summed E-state index contributed by atoms with van der Waals surface area (Å²) in [7, 11) is 0. The number of benzene rings is 2. The van der Waals surface area contributed by atoms with Crippen LogP contribution in [0.15, 0.2) is 60.8 Å². The molecule has 110 valence electrons. The topological polar surface area (TPSA) is 8.17 Å². The lowest BCUT2D eigenvalue weighted by molar-refractivity contribution is 0.407. The smallest absolute Gasteiger partial charge is 0.157 e. The number of nitrogens with zero attached hydrogens (tertiary/aromatic N) is 2. The first kappa shape index (κ1) is 13.9. The van der Waals surface area contributed by atoms with Gasteiger partial charge in [-0.05, 0) is 29.7 Å². The largest absolute Gasteiger partial charge is 0.351 e. The van der Waals surface area contributed by atoms with Crippen molar-refractivity contribution in [3.8, 4) is 0 Å². The number of thiocarbonyl (C=S) groups is 1. The van der Waals surface area contributed by atoms with Gasteiger partial charge in [0.15, 0.2) is 4.32 Å². The quantitative estimate of drug-likeness (QED) is 0.610. The summed E-state index contributed by atoms with van der Waals surface area (Å²) < 4.78 is 3.11. The number of rotatable bonds is 1. The zero-order valence-electron chi connectivity index (χ0n) is 12.1. The fraction of sp³-hybridized carbons (Fsp3) is 0.167. The van der Waals surface area contributed by atoms with Gasteiger partial charge in [-0.3, -0.25) is 3.97 Å². The summed E-state index contributed by atoms with van der Waals surface area (Å²) in [5.74, 6) is 0. The summed E-state index contributed by atoms with van der Waals surface area (Å²) in [5.41, 5.74) is 4.07. The first-order valence-electron chi connectivity index (χ1n) is 7.41. The van der Waals surface area contributed by atoms with Crippen LogP contribution in [0.25, 0.3) is 10.9 Å². The van der Waals surface area contributed by atoms with Crippen LogP contribution >= 0.6 is 24.2 Å². The molecule has 0 spiro atoms. The molecule has 4 heteroatoms. The van der Waals surface area contributed by atoms with E-state index in [1.807, 2.05) is 0 Å². The number of fused-ring (bicyclic) bond motifs is 2. The van der Waals surface area contributed by atoms with Crippen molar-refractivity contribution in [1.29, 1.82) is 0 Å². The summed E-state index contributed by atoms with van der Waals surface area (Å²) in [6, 6.07) is 19.2. The highest BCUT2D eigenvalue weighted by Crippen LogP contribution is 2.26. The van der Waals surface area contributed by atoms with E-state index in [1.165, 1.54) is 22.0 Å². The number of para-hydroxylation sites is 1. The molecule has 2 nitrogen and oxygen atoms in total. The van der Waals surface area contributed by atoms with E-state index in [1.54, 1.807) is 11.9 Å². The first-order valence-corrected chi connectivity index (χ1v) is 8.59. The van der Waals surface area contributed by atoms with Gasteiger partial charge in [0, 0.05) is 36.6 Å². The Balaban J connectivity index is 1.54. The maximum Gasteiger partial charge on any atom is 0.157 e. The van der Waals surface area contributed by atoms with Gasteiger partial charge in [0.25, 0.3) is 0 Å². The highest BCUT2D eigenvalue weighted by atomic mass is 32.2. The van der Waals surface area contributed by atoms with E-state index in [0.29, 0.717) is 0 Å². The van der Waals surface area contributed by atoms with Gasteiger partial charge in [-0.15, -0.1) is 0 Å². The van der Waals surface area contributed by atoms with Gasteiger partial charge in [0.05, 0.1) is 5.52 Å². The van der Waals surface area contributed by atoms with Crippen molar-refractivity contribution in [3.05, 3.63) is 71.9 Å². The molecule has 0 amide bonds. The normalized spacial score (nSPS) is 14.1. The van der Waals surface area contributed by atoms with Crippen LogP contribution in [0.5, 0.6) is 0 Å². The summed E-state index contributed by atoms with van der Waals surface area (Å²) in [5, 5.41) is 1.25. The number of hydrogen-bond donors (Lipinski definition) is 0. The minimum atomic E-state index is 0.918. The van der Waals surface area contributed by atoms with E-state index in [2.05, 4.69) is 69.7 Å². The molecule has 0 saturated carbocycles. The lowest BCUT2D eigenvalue weighted by atomic mass is 10.0. The minimum absolute atomic E-state index is 0.918. The van der Waals surface area contributed by atoms with Crippen molar-refractivity contribution in [2.45, 2.75) is 13.0 Å². The Kier molecular flexibility index (Phi) is 3.64. The Morgan fingerprint density at radius 2 is 1.73 bits per heavy atom. The maximum absolute atomic E-state index is 5.68. The van der Waals surface area contributed by atoms with Crippen LogP contribution in [-0.2, 0) is 13.0 Å². The van der Waals surface area contributed by atoms with Crippen LogP contribution in [0.3, 0.4) is 0 Å². The molecule has 0 bridgehead atoms. The van der Waals surface area contributed by atoms with E-state index >= 15 is 0 Å². The molecular formula is C18H16N2S2. The van der Waals surface area contributed by atoms with Crippen LogP contribution in [0.4, 0.5) is 0 Å². The Morgan fingerprint density at radius 3 is 2.64 bits per heavy atom. The monoisotopic (exact) mass is 324 g/mol. The highest BCUT2D eigenvalue weighted by molar-refractivity contribution is 8.22. The van der Waals surface area contributed by atoms with Crippen molar-refractivity contribution < 1.29 is 0 Å². The van der Waals surface area contributed by atoms with Crippen LogP contribution in [0.2, 0.25) is 0 Å². The van der Waals surface area contributed by atoms with E-state index < -0.39 is 0 Å². The van der Waals surface area contributed by atoms with Crippen molar-refractivity contribution in [3.63, 3.8) is 0 Å². The van der Waals surface area contributed by atoms with Crippen LogP contribution in [-0.4, -0.2) is 19.7 Å². The molecule has 0 aliphatic carbocycles. The number of hydrogen-bond acceptors (Lipinski definition) is 2. The van der Waals surface area contributed by atoms with E-state index in [-0.39, 0.29) is 0 Å². The second kappa shape index (κ2) is 5.78. The first-order chi connectivity index (χ1) is 10.8. The third-order valence-electron chi connectivity index (χ3n) is 4.13. The molecule has 1 aliphatic rings. The summed E-state index contributed by atoms with van der Waals surface area (Å²) in [4.78, 5) is 2.30. The number of aromatic nitrogens is 1. The van der Waals surface area contributed by atoms with E-state index in [9.17, 15) is 0 Å². The molecular weight excluding hydrogens is 308 g/mol. The van der Waals surface area contributed by atoms with Crippen LogP contribution < -0.4 is 0 Å². The average Bonchev–Trinajstić information content (AvgIpc) is 2.97. The van der Waals surface area contributed by atoms with Crippen molar-refractivity contribution in [2.75, 3.05) is 6.54 Å². The summed E-state index contributed by atoms with van der Waals surface area (Å²) >= 11 is 7.32. The maximum atomic E-state index is 5.68. The van der Waals surface area contributed by atoms with Gasteiger partial charge in [0.2, 0.25) is 0 Å².